The van der Waals surface area contributed by atoms with E-state index >= 15 is 0 Å². The van der Waals surface area contributed by atoms with Gasteiger partial charge < -0.3 is 4.74 Å². The minimum Gasteiger partial charge on any atom is -0.382 e. The molecule has 0 aromatic heterocycles. The second-order valence-electron chi connectivity index (χ2n) is 2.59. The first-order valence-corrected chi connectivity index (χ1v) is 4.80. The van der Waals surface area contributed by atoms with Gasteiger partial charge in [-0.2, -0.15) is 17.5 Å². The fourth-order valence-corrected chi connectivity index (χ4v) is 0.755. The molecule has 4 nitrogen and oxygen atoms in total. The Kier molecular flexibility index (Phi) is 8.18. The SMILES string of the molecule is COC(C)CCOOC(=O)CCS. The van der Waals surface area contributed by atoms with Crippen molar-refractivity contribution in [2.75, 3.05) is 19.5 Å². The first kappa shape index (κ1) is 12.7. The summed E-state index contributed by atoms with van der Waals surface area (Å²) in [6.45, 7) is 2.27. The van der Waals surface area contributed by atoms with Crippen molar-refractivity contribution in [3.05, 3.63) is 0 Å². The summed E-state index contributed by atoms with van der Waals surface area (Å²) in [7, 11) is 1.62. The molecule has 0 aliphatic heterocycles. The molecule has 0 spiro atoms. The second kappa shape index (κ2) is 8.34. The lowest BCUT2D eigenvalue weighted by Crippen LogP contribution is -2.12. The van der Waals surface area contributed by atoms with E-state index in [4.69, 9.17) is 4.74 Å². The molecule has 0 heterocycles. The van der Waals surface area contributed by atoms with Crippen LogP contribution in [0.3, 0.4) is 0 Å². The number of carbonyl (C=O) groups is 1. The van der Waals surface area contributed by atoms with Crippen molar-refractivity contribution in [3.8, 4) is 0 Å². The smallest absolute Gasteiger partial charge is 0.343 e. The largest absolute Gasteiger partial charge is 0.382 e. The number of ether oxygens (including phenoxy) is 1. The summed E-state index contributed by atoms with van der Waals surface area (Å²) >= 11 is 3.88. The molecule has 0 aromatic rings. The topological polar surface area (TPSA) is 44.8 Å². The van der Waals surface area contributed by atoms with Gasteiger partial charge in [-0.05, 0) is 6.92 Å². The third-order valence-corrected chi connectivity index (χ3v) is 1.70. The highest BCUT2D eigenvalue weighted by Crippen LogP contribution is 1.97. The van der Waals surface area contributed by atoms with Crippen molar-refractivity contribution >= 4 is 18.6 Å². The Morgan fingerprint density at radius 2 is 2.23 bits per heavy atom. The summed E-state index contributed by atoms with van der Waals surface area (Å²) in [5.41, 5.74) is 0. The van der Waals surface area contributed by atoms with Crippen molar-refractivity contribution in [1.82, 2.24) is 0 Å². The van der Waals surface area contributed by atoms with E-state index in [1.165, 1.54) is 0 Å². The zero-order valence-corrected chi connectivity index (χ0v) is 8.88. The average Bonchev–Trinajstić information content (AvgIpc) is 2.12. The monoisotopic (exact) mass is 208 g/mol. The number of methoxy groups -OCH3 is 1. The summed E-state index contributed by atoms with van der Waals surface area (Å²) in [6, 6.07) is 0. The summed E-state index contributed by atoms with van der Waals surface area (Å²) in [5.74, 6) is 0.0801. The molecule has 0 bridgehead atoms. The van der Waals surface area contributed by atoms with Gasteiger partial charge in [0.15, 0.2) is 0 Å². The lowest BCUT2D eigenvalue weighted by atomic mass is 10.3. The van der Waals surface area contributed by atoms with Crippen LogP contribution < -0.4 is 0 Å². The van der Waals surface area contributed by atoms with Crippen molar-refractivity contribution < 1.29 is 19.3 Å². The van der Waals surface area contributed by atoms with Gasteiger partial charge >= 0.3 is 5.97 Å². The molecule has 5 heteroatoms. The molecule has 0 N–H and O–H groups in total. The van der Waals surface area contributed by atoms with Gasteiger partial charge in [0.05, 0.1) is 19.1 Å². The Hall–Kier alpha value is -0.260. The third kappa shape index (κ3) is 8.08. The zero-order chi connectivity index (χ0) is 10.1. The molecule has 0 fully saturated rings. The van der Waals surface area contributed by atoms with Gasteiger partial charge in [-0.1, -0.05) is 0 Å². The van der Waals surface area contributed by atoms with Crippen LogP contribution >= 0.6 is 12.6 Å². The Labute approximate surface area is 83.9 Å². The molecule has 1 unspecified atom stereocenters. The Morgan fingerprint density at radius 1 is 1.54 bits per heavy atom. The highest BCUT2D eigenvalue weighted by molar-refractivity contribution is 7.80. The molecule has 13 heavy (non-hydrogen) atoms. The van der Waals surface area contributed by atoms with Crippen LogP contribution in [0.1, 0.15) is 19.8 Å². The quantitative estimate of drug-likeness (QED) is 0.295. The number of hydrogen-bond donors (Lipinski definition) is 1. The Bertz CT molecular complexity index is 140. The number of carbonyl (C=O) groups excluding carboxylic acids is 1. The number of hydrogen-bond acceptors (Lipinski definition) is 5. The predicted molar refractivity (Wildman–Crippen MR) is 51.6 cm³/mol. The van der Waals surface area contributed by atoms with Crippen molar-refractivity contribution in [2.45, 2.75) is 25.9 Å². The van der Waals surface area contributed by atoms with Gasteiger partial charge in [-0.25, -0.2) is 4.79 Å². The molecule has 0 rings (SSSR count). The number of rotatable bonds is 7. The standard InChI is InChI=1S/C8H16O4S/c1-7(10-2)3-5-11-12-8(9)4-6-13/h7,13H,3-6H2,1-2H3. The van der Waals surface area contributed by atoms with Crippen LogP contribution in [0.25, 0.3) is 0 Å². The molecule has 0 aliphatic rings. The highest BCUT2D eigenvalue weighted by Gasteiger charge is 2.03. The summed E-state index contributed by atoms with van der Waals surface area (Å²) < 4.78 is 4.97. The fraction of sp³-hybridized carbons (Fsp3) is 0.875. The average molecular weight is 208 g/mol. The van der Waals surface area contributed by atoms with Crippen LogP contribution in [0, 0.1) is 0 Å². The van der Waals surface area contributed by atoms with Crippen molar-refractivity contribution in [3.63, 3.8) is 0 Å². The molecule has 0 saturated heterocycles. The first-order valence-electron chi connectivity index (χ1n) is 4.16. The molecule has 0 saturated carbocycles. The van der Waals surface area contributed by atoms with E-state index in [1.54, 1.807) is 7.11 Å². The maximum absolute atomic E-state index is 10.7. The normalized spacial score (nSPS) is 12.5. The fourth-order valence-electron chi connectivity index (χ4n) is 0.572. The van der Waals surface area contributed by atoms with E-state index in [0.717, 1.165) is 0 Å². The Balaban J connectivity index is 3.20. The molecule has 0 amide bonds. The van der Waals surface area contributed by atoms with Crippen molar-refractivity contribution in [2.24, 2.45) is 0 Å². The molecule has 0 radical (unpaired) electrons. The van der Waals surface area contributed by atoms with E-state index in [-0.39, 0.29) is 18.5 Å². The zero-order valence-electron chi connectivity index (χ0n) is 7.99. The van der Waals surface area contributed by atoms with E-state index in [0.29, 0.717) is 18.8 Å². The Morgan fingerprint density at radius 3 is 2.77 bits per heavy atom. The molecule has 1 atom stereocenters. The van der Waals surface area contributed by atoms with Crippen LogP contribution in [0.4, 0.5) is 0 Å². The van der Waals surface area contributed by atoms with Gasteiger partial charge in [-0.3, -0.25) is 4.89 Å². The maximum atomic E-state index is 10.7. The number of thiol groups is 1. The first-order chi connectivity index (χ1) is 6.20. The summed E-state index contributed by atoms with van der Waals surface area (Å²) in [6.07, 6.45) is 1.08. The molecule has 0 aromatic carbocycles. The minimum atomic E-state index is -0.389. The van der Waals surface area contributed by atoms with E-state index in [9.17, 15) is 4.79 Å². The molecular formula is C8H16O4S. The lowest BCUT2D eigenvalue weighted by molar-refractivity contribution is -0.274. The molecular weight excluding hydrogens is 192 g/mol. The molecule has 0 aliphatic carbocycles. The van der Waals surface area contributed by atoms with Crippen LogP contribution in [0.5, 0.6) is 0 Å². The summed E-state index contributed by atoms with van der Waals surface area (Å²) in [5, 5.41) is 0. The van der Waals surface area contributed by atoms with Gasteiger partial charge in [0.25, 0.3) is 0 Å². The predicted octanol–water partition coefficient (Wildman–Crippen LogP) is 1.21. The third-order valence-electron chi connectivity index (χ3n) is 1.48. The van der Waals surface area contributed by atoms with Crippen molar-refractivity contribution in [1.29, 1.82) is 0 Å². The van der Waals surface area contributed by atoms with Gasteiger partial charge in [0.2, 0.25) is 0 Å². The van der Waals surface area contributed by atoms with Gasteiger partial charge in [0, 0.05) is 19.3 Å². The van der Waals surface area contributed by atoms with E-state index in [1.807, 2.05) is 6.92 Å². The van der Waals surface area contributed by atoms with E-state index < -0.39 is 0 Å². The van der Waals surface area contributed by atoms with Crippen LogP contribution in [0.15, 0.2) is 0 Å². The second-order valence-corrected chi connectivity index (χ2v) is 3.03. The van der Waals surface area contributed by atoms with Gasteiger partial charge in [-0.15, -0.1) is 0 Å². The van der Waals surface area contributed by atoms with Crippen LogP contribution in [-0.4, -0.2) is 31.5 Å². The maximum Gasteiger partial charge on any atom is 0.343 e. The van der Waals surface area contributed by atoms with Gasteiger partial charge in [0.1, 0.15) is 0 Å². The lowest BCUT2D eigenvalue weighted by Gasteiger charge is -2.08. The summed E-state index contributed by atoms with van der Waals surface area (Å²) in [4.78, 5) is 19.8. The molecule has 78 valence electrons. The van der Waals surface area contributed by atoms with Crippen LogP contribution in [-0.2, 0) is 19.3 Å². The highest BCUT2D eigenvalue weighted by atomic mass is 32.1. The van der Waals surface area contributed by atoms with Crippen LogP contribution in [0.2, 0.25) is 0 Å². The van der Waals surface area contributed by atoms with E-state index in [2.05, 4.69) is 22.4 Å². The minimum absolute atomic E-state index is 0.114.